The first kappa shape index (κ1) is 15.0. The van der Waals surface area contributed by atoms with Crippen LogP contribution in [0, 0.1) is 11.3 Å². The molecular weight excluding hydrogens is 286 g/mol. The first-order valence-electron chi connectivity index (χ1n) is 8.96. The van der Waals surface area contributed by atoms with Gasteiger partial charge in [-0.3, -0.25) is 4.99 Å². The van der Waals surface area contributed by atoms with E-state index in [1.54, 1.807) is 0 Å². The van der Waals surface area contributed by atoms with E-state index in [1.165, 1.54) is 37.7 Å². The summed E-state index contributed by atoms with van der Waals surface area (Å²) in [4.78, 5) is 4.45. The fraction of sp³-hybridized carbons (Fsp3) is 0.632. The van der Waals surface area contributed by atoms with Crippen LogP contribution >= 0.6 is 0 Å². The third kappa shape index (κ3) is 2.53. The lowest BCUT2D eigenvalue weighted by molar-refractivity contribution is -0.125. The zero-order chi connectivity index (χ0) is 15.7. The molecule has 1 aliphatic heterocycles. The van der Waals surface area contributed by atoms with Crippen molar-refractivity contribution in [2.45, 2.75) is 50.8 Å². The minimum Gasteiger partial charge on any atom is -0.377 e. The highest BCUT2D eigenvalue weighted by Crippen LogP contribution is 2.60. The standard InChI is InChI=1S/C19H27N3O/c1-20-18(21-13-14-7-3-2-4-8-14)22-16-15-9-12-23-17(15)19(16)10-5-6-11-19/h2-4,7-8,15-17H,5-6,9-13H2,1H3,(H2,20,21,22). The van der Waals surface area contributed by atoms with Gasteiger partial charge in [-0.1, -0.05) is 43.2 Å². The molecular formula is C19H27N3O. The summed E-state index contributed by atoms with van der Waals surface area (Å²) in [6, 6.07) is 11.0. The lowest BCUT2D eigenvalue weighted by atomic mass is 9.54. The van der Waals surface area contributed by atoms with Crippen LogP contribution in [0.5, 0.6) is 0 Å². The van der Waals surface area contributed by atoms with Gasteiger partial charge in [0, 0.05) is 37.6 Å². The fourth-order valence-corrected chi connectivity index (χ4v) is 5.03. The number of fused-ring (bicyclic) bond motifs is 2. The Morgan fingerprint density at radius 2 is 2.04 bits per heavy atom. The monoisotopic (exact) mass is 313 g/mol. The molecule has 124 valence electrons. The van der Waals surface area contributed by atoms with Crippen LogP contribution in [0.3, 0.4) is 0 Å². The quantitative estimate of drug-likeness (QED) is 0.666. The van der Waals surface area contributed by atoms with Crippen LogP contribution in [0.4, 0.5) is 0 Å². The maximum absolute atomic E-state index is 6.06. The number of nitrogens with one attached hydrogen (secondary N) is 2. The summed E-state index contributed by atoms with van der Waals surface area (Å²) < 4.78 is 6.06. The Balaban J connectivity index is 1.41. The molecule has 4 nitrogen and oxygen atoms in total. The zero-order valence-electron chi connectivity index (χ0n) is 13.9. The largest absolute Gasteiger partial charge is 0.377 e. The molecule has 4 heteroatoms. The average Bonchev–Trinajstić information content (AvgIpc) is 3.24. The first-order valence-corrected chi connectivity index (χ1v) is 8.96. The van der Waals surface area contributed by atoms with E-state index < -0.39 is 0 Å². The van der Waals surface area contributed by atoms with Crippen molar-refractivity contribution in [3.63, 3.8) is 0 Å². The smallest absolute Gasteiger partial charge is 0.191 e. The van der Waals surface area contributed by atoms with Gasteiger partial charge in [0.2, 0.25) is 0 Å². The average molecular weight is 313 g/mol. The Morgan fingerprint density at radius 3 is 2.78 bits per heavy atom. The molecule has 1 spiro atoms. The van der Waals surface area contributed by atoms with Gasteiger partial charge in [0.15, 0.2) is 5.96 Å². The van der Waals surface area contributed by atoms with Crippen molar-refractivity contribution in [2.24, 2.45) is 16.3 Å². The summed E-state index contributed by atoms with van der Waals surface area (Å²) >= 11 is 0. The Bertz CT molecular complexity index is 565. The third-order valence-electron chi connectivity index (χ3n) is 6.10. The number of hydrogen-bond acceptors (Lipinski definition) is 2. The lowest BCUT2D eigenvalue weighted by Gasteiger charge is -2.57. The van der Waals surface area contributed by atoms with Gasteiger partial charge in [0.05, 0.1) is 6.10 Å². The van der Waals surface area contributed by atoms with E-state index in [0.29, 0.717) is 23.5 Å². The van der Waals surface area contributed by atoms with Crippen molar-refractivity contribution in [1.29, 1.82) is 0 Å². The molecule has 1 aromatic rings. The van der Waals surface area contributed by atoms with Crippen LogP contribution in [-0.4, -0.2) is 31.8 Å². The molecule has 1 aromatic carbocycles. The predicted molar refractivity (Wildman–Crippen MR) is 92.3 cm³/mol. The van der Waals surface area contributed by atoms with E-state index in [4.69, 9.17) is 4.74 Å². The Kier molecular flexibility index (Phi) is 4.02. The van der Waals surface area contributed by atoms with Crippen LogP contribution in [0.25, 0.3) is 0 Å². The molecule has 3 fully saturated rings. The van der Waals surface area contributed by atoms with Crippen LogP contribution in [0.1, 0.15) is 37.7 Å². The molecule has 2 saturated carbocycles. The van der Waals surface area contributed by atoms with Crippen LogP contribution in [0.15, 0.2) is 35.3 Å². The van der Waals surface area contributed by atoms with Gasteiger partial charge in [-0.2, -0.15) is 0 Å². The summed E-state index contributed by atoms with van der Waals surface area (Å²) in [5, 5.41) is 7.21. The molecule has 3 aliphatic rings. The van der Waals surface area contributed by atoms with Crippen molar-refractivity contribution < 1.29 is 4.74 Å². The van der Waals surface area contributed by atoms with Crippen molar-refractivity contribution in [3.05, 3.63) is 35.9 Å². The number of ether oxygens (including phenoxy) is 1. The minimum absolute atomic E-state index is 0.367. The van der Waals surface area contributed by atoms with Gasteiger partial charge in [0.1, 0.15) is 0 Å². The van der Waals surface area contributed by atoms with E-state index in [9.17, 15) is 0 Å². The highest BCUT2D eigenvalue weighted by Gasteiger charge is 2.65. The second-order valence-corrected chi connectivity index (χ2v) is 7.22. The molecule has 0 aromatic heterocycles. The molecule has 23 heavy (non-hydrogen) atoms. The summed E-state index contributed by atoms with van der Waals surface area (Å²) in [7, 11) is 1.86. The number of benzene rings is 1. The summed E-state index contributed by atoms with van der Waals surface area (Å²) in [5.41, 5.74) is 1.65. The SMILES string of the molecule is CN=C(NCc1ccccc1)NC1C2CCOC2C12CCCC2. The molecule has 4 rings (SSSR count). The maximum atomic E-state index is 6.06. The summed E-state index contributed by atoms with van der Waals surface area (Å²) in [6.07, 6.45) is 7.00. The van der Waals surface area contributed by atoms with Crippen LogP contribution in [-0.2, 0) is 11.3 Å². The summed E-state index contributed by atoms with van der Waals surface area (Å²) in [5.74, 6) is 1.60. The number of guanidine groups is 1. The first-order chi connectivity index (χ1) is 11.3. The Morgan fingerprint density at radius 1 is 1.26 bits per heavy atom. The van der Waals surface area contributed by atoms with Crippen LogP contribution < -0.4 is 10.6 Å². The number of rotatable bonds is 3. The van der Waals surface area contributed by atoms with E-state index in [2.05, 4.69) is 46.0 Å². The zero-order valence-corrected chi connectivity index (χ0v) is 13.9. The topological polar surface area (TPSA) is 45.7 Å². The van der Waals surface area contributed by atoms with Gasteiger partial charge >= 0.3 is 0 Å². The minimum atomic E-state index is 0.367. The molecule has 3 atom stereocenters. The van der Waals surface area contributed by atoms with Gasteiger partial charge in [0.25, 0.3) is 0 Å². The third-order valence-corrected chi connectivity index (χ3v) is 6.10. The van der Waals surface area contributed by atoms with E-state index in [1.807, 2.05) is 7.05 Å². The van der Waals surface area contributed by atoms with Crippen molar-refractivity contribution in [2.75, 3.05) is 13.7 Å². The number of aliphatic imine (C=N–C) groups is 1. The highest BCUT2D eigenvalue weighted by atomic mass is 16.5. The van der Waals surface area contributed by atoms with Crippen molar-refractivity contribution in [3.8, 4) is 0 Å². The second-order valence-electron chi connectivity index (χ2n) is 7.22. The van der Waals surface area contributed by atoms with Gasteiger partial charge in [-0.05, 0) is 24.8 Å². The number of hydrogen-bond donors (Lipinski definition) is 2. The van der Waals surface area contributed by atoms with E-state index in [0.717, 1.165) is 19.1 Å². The molecule has 1 saturated heterocycles. The van der Waals surface area contributed by atoms with E-state index in [-0.39, 0.29) is 0 Å². The fourth-order valence-electron chi connectivity index (χ4n) is 5.03. The van der Waals surface area contributed by atoms with Crippen molar-refractivity contribution in [1.82, 2.24) is 10.6 Å². The van der Waals surface area contributed by atoms with E-state index >= 15 is 0 Å². The maximum Gasteiger partial charge on any atom is 0.191 e. The molecule has 1 heterocycles. The molecule has 0 amide bonds. The second kappa shape index (κ2) is 6.16. The Labute approximate surface area is 138 Å². The molecule has 0 radical (unpaired) electrons. The predicted octanol–water partition coefficient (Wildman–Crippen LogP) is 2.70. The summed E-state index contributed by atoms with van der Waals surface area (Å²) in [6.45, 7) is 1.75. The van der Waals surface area contributed by atoms with Gasteiger partial charge in [-0.15, -0.1) is 0 Å². The molecule has 2 aliphatic carbocycles. The molecule has 2 N–H and O–H groups in total. The number of nitrogens with zero attached hydrogens (tertiary/aromatic N) is 1. The van der Waals surface area contributed by atoms with Gasteiger partial charge in [-0.25, -0.2) is 0 Å². The normalized spacial score (nSPS) is 31.7. The molecule has 0 bridgehead atoms. The van der Waals surface area contributed by atoms with Crippen LogP contribution in [0.2, 0.25) is 0 Å². The lowest BCUT2D eigenvalue weighted by Crippen LogP contribution is -2.69. The molecule has 3 unspecified atom stereocenters. The highest BCUT2D eigenvalue weighted by molar-refractivity contribution is 5.80. The van der Waals surface area contributed by atoms with Crippen molar-refractivity contribution >= 4 is 5.96 Å². The Hall–Kier alpha value is -1.55. The van der Waals surface area contributed by atoms with Gasteiger partial charge < -0.3 is 15.4 Å².